The van der Waals surface area contributed by atoms with E-state index in [2.05, 4.69) is 15.5 Å². The Morgan fingerprint density at radius 1 is 1.44 bits per heavy atom. The average Bonchev–Trinajstić information content (AvgIpc) is 2.62. The lowest BCUT2D eigenvalue weighted by atomic mass is 10.3. The van der Waals surface area contributed by atoms with Crippen LogP contribution in [-0.2, 0) is 4.74 Å². The number of carbonyl (C=O) groups is 1. The summed E-state index contributed by atoms with van der Waals surface area (Å²) in [5.74, 6) is 0. The monoisotopic (exact) mass is 224 g/mol. The van der Waals surface area contributed by atoms with E-state index in [0.717, 1.165) is 17.1 Å². The zero-order chi connectivity index (χ0) is 11.5. The molecule has 2 amide bonds. The van der Waals surface area contributed by atoms with Crippen molar-refractivity contribution in [1.82, 2.24) is 15.1 Å². The maximum Gasteiger partial charge on any atom is 0.322 e. The topological polar surface area (TPSA) is 70.2 Å². The van der Waals surface area contributed by atoms with Gasteiger partial charge in [-0.25, -0.2) is 4.79 Å². The van der Waals surface area contributed by atoms with Gasteiger partial charge in [0.05, 0.1) is 30.3 Å². The summed E-state index contributed by atoms with van der Waals surface area (Å²) in [4.78, 5) is 13.6. The second-order valence-electron chi connectivity index (χ2n) is 3.84. The molecule has 1 saturated heterocycles. The first-order valence-electron chi connectivity index (χ1n) is 5.33. The fourth-order valence-corrected chi connectivity index (χ4v) is 1.69. The number of H-pyrrole nitrogens is 1. The molecular formula is C10H16N4O2. The van der Waals surface area contributed by atoms with Gasteiger partial charge < -0.3 is 15.0 Å². The summed E-state index contributed by atoms with van der Waals surface area (Å²) in [6, 6.07) is -0.0871. The van der Waals surface area contributed by atoms with Crippen molar-refractivity contribution >= 4 is 11.7 Å². The molecule has 2 rings (SSSR count). The van der Waals surface area contributed by atoms with E-state index in [1.807, 2.05) is 13.8 Å². The molecule has 0 saturated carbocycles. The molecule has 1 aliphatic heterocycles. The molecule has 0 unspecified atom stereocenters. The van der Waals surface area contributed by atoms with Gasteiger partial charge in [-0.3, -0.25) is 5.10 Å². The van der Waals surface area contributed by atoms with Crippen molar-refractivity contribution in [2.75, 3.05) is 31.6 Å². The summed E-state index contributed by atoms with van der Waals surface area (Å²) in [6.07, 6.45) is 0. The minimum absolute atomic E-state index is 0.0871. The molecule has 16 heavy (non-hydrogen) atoms. The van der Waals surface area contributed by atoms with E-state index in [1.165, 1.54) is 0 Å². The highest BCUT2D eigenvalue weighted by Gasteiger charge is 2.18. The molecule has 2 N–H and O–H groups in total. The molecular weight excluding hydrogens is 208 g/mol. The second kappa shape index (κ2) is 4.52. The number of urea groups is 1. The highest BCUT2D eigenvalue weighted by atomic mass is 16.5. The number of morpholine rings is 1. The number of hydrogen-bond donors (Lipinski definition) is 2. The van der Waals surface area contributed by atoms with Gasteiger partial charge in [0, 0.05) is 13.1 Å². The summed E-state index contributed by atoms with van der Waals surface area (Å²) in [5, 5.41) is 9.73. The van der Waals surface area contributed by atoms with Crippen molar-refractivity contribution in [3.63, 3.8) is 0 Å². The molecule has 0 aliphatic carbocycles. The second-order valence-corrected chi connectivity index (χ2v) is 3.84. The Bertz CT molecular complexity index is 363. The summed E-state index contributed by atoms with van der Waals surface area (Å²) in [6.45, 7) is 6.24. The van der Waals surface area contributed by atoms with Crippen LogP contribution in [0.15, 0.2) is 0 Å². The molecule has 1 aromatic rings. The molecule has 0 radical (unpaired) electrons. The third kappa shape index (κ3) is 2.16. The van der Waals surface area contributed by atoms with Crippen molar-refractivity contribution in [1.29, 1.82) is 0 Å². The van der Waals surface area contributed by atoms with Gasteiger partial charge in [-0.2, -0.15) is 5.10 Å². The molecule has 0 atom stereocenters. The van der Waals surface area contributed by atoms with E-state index in [-0.39, 0.29) is 6.03 Å². The molecule has 6 heteroatoms. The van der Waals surface area contributed by atoms with Crippen LogP contribution in [-0.4, -0.2) is 47.4 Å². The summed E-state index contributed by atoms with van der Waals surface area (Å²) in [7, 11) is 0. The predicted molar refractivity (Wildman–Crippen MR) is 59.5 cm³/mol. The predicted octanol–water partition coefficient (Wildman–Crippen LogP) is 0.891. The maximum absolute atomic E-state index is 11.9. The summed E-state index contributed by atoms with van der Waals surface area (Å²) < 4.78 is 5.19. The van der Waals surface area contributed by atoms with Gasteiger partial charge in [0.25, 0.3) is 0 Å². The van der Waals surface area contributed by atoms with Gasteiger partial charge >= 0.3 is 6.03 Å². The van der Waals surface area contributed by atoms with E-state index in [0.29, 0.717) is 26.3 Å². The highest BCUT2D eigenvalue weighted by molar-refractivity contribution is 5.90. The lowest BCUT2D eigenvalue weighted by Crippen LogP contribution is -2.43. The Labute approximate surface area is 94.0 Å². The molecule has 0 bridgehead atoms. The van der Waals surface area contributed by atoms with Crippen molar-refractivity contribution in [2.24, 2.45) is 0 Å². The fraction of sp³-hybridized carbons (Fsp3) is 0.600. The molecule has 1 aliphatic rings. The van der Waals surface area contributed by atoms with Crippen LogP contribution < -0.4 is 5.32 Å². The standard InChI is InChI=1S/C10H16N4O2/c1-7-9(8(2)13-12-7)11-10(15)14-3-5-16-6-4-14/h3-6H2,1-2H3,(H,11,15)(H,12,13). The van der Waals surface area contributed by atoms with Crippen molar-refractivity contribution < 1.29 is 9.53 Å². The van der Waals surface area contributed by atoms with Crippen LogP contribution in [0.4, 0.5) is 10.5 Å². The normalized spacial score (nSPS) is 16.2. The third-order valence-corrected chi connectivity index (χ3v) is 2.66. The first-order valence-corrected chi connectivity index (χ1v) is 5.33. The molecule has 1 aromatic heterocycles. The van der Waals surface area contributed by atoms with Crippen molar-refractivity contribution in [2.45, 2.75) is 13.8 Å². The van der Waals surface area contributed by atoms with Crippen LogP contribution >= 0.6 is 0 Å². The Morgan fingerprint density at radius 3 is 2.69 bits per heavy atom. The van der Waals surface area contributed by atoms with Crippen LogP contribution in [0.25, 0.3) is 0 Å². The van der Waals surface area contributed by atoms with Gasteiger partial charge in [0.15, 0.2) is 0 Å². The third-order valence-electron chi connectivity index (χ3n) is 2.66. The Balaban J connectivity index is 2.01. The number of ether oxygens (including phenoxy) is 1. The lowest BCUT2D eigenvalue weighted by molar-refractivity contribution is 0.0564. The smallest absolute Gasteiger partial charge is 0.322 e. The molecule has 0 spiro atoms. The number of carbonyl (C=O) groups excluding carboxylic acids is 1. The number of aryl methyl sites for hydroxylation is 2. The van der Waals surface area contributed by atoms with Gasteiger partial charge in [-0.15, -0.1) is 0 Å². The largest absolute Gasteiger partial charge is 0.378 e. The molecule has 6 nitrogen and oxygen atoms in total. The zero-order valence-electron chi connectivity index (χ0n) is 9.54. The first-order chi connectivity index (χ1) is 7.68. The average molecular weight is 224 g/mol. The van der Waals surface area contributed by atoms with Gasteiger partial charge in [-0.1, -0.05) is 0 Å². The molecule has 0 aromatic carbocycles. The van der Waals surface area contributed by atoms with E-state index >= 15 is 0 Å². The van der Waals surface area contributed by atoms with E-state index in [4.69, 9.17) is 4.74 Å². The Hall–Kier alpha value is -1.56. The Morgan fingerprint density at radius 2 is 2.12 bits per heavy atom. The van der Waals surface area contributed by atoms with Crippen LogP contribution in [0.3, 0.4) is 0 Å². The van der Waals surface area contributed by atoms with E-state index < -0.39 is 0 Å². The van der Waals surface area contributed by atoms with Crippen LogP contribution in [0.1, 0.15) is 11.4 Å². The number of aromatic nitrogens is 2. The van der Waals surface area contributed by atoms with Crippen molar-refractivity contribution in [3.8, 4) is 0 Å². The van der Waals surface area contributed by atoms with Gasteiger partial charge in [0.1, 0.15) is 0 Å². The number of hydrogen-bond acceptors (Lipinski definition) is 3. The van der Waals surface area contributed by atoms with E-state index in [9.17, 15) is 4.79 Å². The number of anilines is 1. The first kappa shape index (κ1) is 10.9. The summed E-state index contributed by atoms with van der Waals surface area (Å²) >= 11 is 0. The molecule has 1 fully saturated rings. The lowest BCUT2D eigenvalue weighted by Gasteiger charge is -2.26. The molecule has 88 valence electrons. The number of aromatic amines is 1. The van der Waals surface area contributed by atoms with Gasteiger partial charge in [0.2, 0.25) is 0 Å². The number of rotatable bonds is 1. The Kier molecular flexibility index (Phi) is 3.09. The van der Waals surface area contributed by atoms with Crippen LogP contribution in [0, 0.1) is 13.8 Å². The minimum atomic E-state index is -0.0871. The quantitative estimate of drug-likeness (QED) is 0.744. The van der Waals surface area contributed by atoms with Crippen LogP contribution in [0.5, 0.6) is 0 Å². The zero-order valence-corrected chi connectivity index (χ0v) is 9.54. The number of nitrogens with one attached hydrogen (secondary N) is 2. The number of nitrogens with zero attached hydrogens (tertiary/aromatic N) is 2. The minimum Gasteiger partial charge on any atom is -0.378 e. The van der Waals surface area contributed by atoms with E-state index in [1.54, 1.807) is 4.90 Å². The maximum atomic E-state index is 11.9. The SMILES string of the molecule is Cc1n[nH]c(C)c1NC(=O)N1CCOCC1. The highest BCUT2D eigenvalue weighted by Crippen LogP contribution is 2.16. The van der Waals surface area contributed by atoms with Gasteiger partial charge in [-0.05, 0) is 13.8 Å². The van der Waals surface area contributed by atoms with Crippen molar-refractivity contribution in [3.05, 3.63) is 11.4 Å². The fourth-order valence-electron chi connectivity index (χ4n) is 1.69. The molecule has 2 heterocycles. The number of amides is 2. The van der Waals surface area contributed by atoms with Crippen LogP contribution in [0.2, 0.25) is 0 Å². The summed E-state index contributed by atoms with van der Waals surface area (Å²) in [5.41, 5.74) is 2.45.